The average Bonchev–Trinajstić information content (AvgIpc) is 2.48. The fourth-order valence-corrected chi connectivity index (χ4v) is 2.60. The van der Waals surface area contributed by atoms with Gasteiger partial charge >= 0.3 is 0 Å². The molecule has 1 aliphatic rings. The Morgan fingerprint density at radius 1 is 1.15 bits per heavy atom. The van der Waals surface area contributed by atoms with Crippen LogP contribution in [0.1, 0.15) is 49.8 Å². The molecule has 1 aromatic rings. The summed E-state index contributed by atoms with van der Waals surface area (Å²) in [4.78, 5) is 0. The van der Waals surface area contributed by atoms with Crippen molar-refractivity contribution in [2.24, 2.45) is 5.92 Å². The molecular weight excluding hydrogens is 250 g/mol. The van der Waals surface area contributed by atoms with Crippen LogP contribution in [0.5, 0.6) is 0 Å². The molecule has 3 heteroatoms. The van der Waals surface area contributed by atoms with Crippen molar-refractivity contribution in [1.82, 2.24) is 5.32 Å². The largest absolute Gasteiger partial charge is 0.387 e. The SMILES string of the molecule is CC(C)c1ccc(C(O)CNCC2CCOCC2)cc1. The van der Waals surface area contributed by atoms with Crippen LogP contribution in [0, 0.1) is 5.92 Å². The van der Waals surface area contributed by atoms with Gasteiger partial charge < -0.3 is 15.2 Å². The number of aliphatic hydroxyl groups is 1. The average molecular weight is 277 g/mol. The topological polar surface area (TPSA) is 41.5 Å². The second-order valence-corrected chi connectivity index (χ2v) is 6.05. The van der Waals surface area contributed by atoms with Crippen molar-refractivity contribution in [2.45, 2.75) is 38.7 Å². The van der Waals surface area contributed by atoms with Gasteiger partial charge in [0.15, 0.2) is 0 Å². The molecule has 1 unspecified atom stereocenters. The van der Waals surface area contributed by atoms with Gasteiger partial charge in [0.05, 0.1) is 6.10 Å². The molecule has 0 spiro atoms. The van der Waals surface area contributed by atoms with E-state index in [0.29, 0.717) is 18.4 Å². The smallest absolute Gasteiger partial charge is 0.0914 e. The van der Waals surface area contributed by atoms with Gasteiger partial charge in [0.1, 0.15) is 0 Å². The third-order valence-electron chi connectivity index (χ3n) is 4.10. The van der Waals surface area contributed by atoms with Gasteiger partial charge in [-0.05, 0) is 42.3 Å². The van der Waals surface area contributed by atoms with E-state index in [9.17, 15) is 5.11 Å². The minimum atomic E-state index is -0.420. The molecular formula is C17H27NO2. The maximum Gasteiger partial charge on any atom is 0.0914 e. The Bertz CT molecular complexity index is 382. The lowest BCUT2D eigenvalue weighted by molar-refractivity contribution is 0.0649. The Hall–Kier alpha value is -0.900. The van der Waals surface area contributed by atoms with Crippen LogP contribution in [0.15, 0.2) is 24.3 Å². The number of benzene rings is 1. The molecule has 20 heavy (non-hydrogen) atoms. The zero-order valence-electron chi connectivity index (χ0n) is 12.6. The highest BCUT2D eigenvalue weighted by atomic mass is 16.5. The van der Waals surface area contributed by atoms with E-state index in [4.69, 9.17) is 4.74 Å². The number of ether oxygens (including phenoxy) is 1. The molecule has 0 aliphatic carbocycles. The normalized spacial score (nSPS) is 18.4. The van der Waals surface area contributed by atoms with Crippen molar-refractivity contribution in [1.29, 1.82) is 0 Å². The van der Waals surface area contributed by atoms with Crippen molar-refractivity contribution < 1.29 is 9.84 Å². The Labute approximate surface area is 122 Å². The molecule has 2 N–H and O–H groups in total. The first-order valence-corrected chi connectivity index (χ1v) is 7.73. The highest BCUT2D eigenvalue weighted by Crippen LogP contribution is 2.19. The first kappa shape index (κ1) is 15.5. The lowest BCUT2D eigenvalue weighted by atomic mass is 9.99. The van der Waals surface area contributed by atoms with E-state index in [0.717, 1.165) is 38.2 Å². The van der Waals surface area contributed by atoms with E-state index in [-0.39, 0.29) is 0 Å². The summed E-state index contributed by atoms with van der Waals surface area (Å²) in [6.45, 7) is 7.72. The van der Waals surface area contributed by atoms with Gasteiger partial charge in [0.2, 0.25) is 0 Å². The second kappa shape index (κ2) is 7.77. The number of aliphatic hydroxyl groups excluding tert-OH is 1. The first-order valence-electron chi connectivity index (χ1n) is 7.73. The first-order chi connectivity index (χ1) is 9.66. The summed E-state index contributed by atoms with van der Waals surface area (Å²) in [6.07, 6.45) is 1.84. The highest BCUT2D eigenvalue weighted by Gasteiger charge is 2.14. The van der Waals surface area contributed by atoms with E-state index in [2.05, 4.69) is 31.3 Å². The monoisotopic (exact) mass is 277 g/mol. The molecule has 1 atom stereocenters. The lowest BCUT2D eigenvalue weighted by Crippen LogP contribution is -2.30. The lowest BCUT2D eigenvalue weighted by Gasteiger charge is -2.23. The van der Waals surface area contributed by atoms with Gasteiger partial charge in [0.25, 0.3) is 0 Å². The van der Waals surface area contributed by atoms with Gasteiger partial charge in [-0.3, -0.25) is 0 Å². The molecule has 1 fully saturated rings. The van der Waals surface area contributed by atoms with Crippen molar-refractivity contribution in [2.75, 3.05) is 26.3 Å². The molecule has 0 amide bonds. The Morgan fingerprint density at radius 3 is 2.35 bits per heavy atom. The predicted molar refractivity (Wildman–Crippen MR) is 81.9 cm³/mol. The molecule has 1 aromatic carbocycles. The second-order valence-electron chi connectivity index (χ2n) is 6.05. The van der Waals surface area contributed by atoms with Crippen LogP contribution in [0.4, 0.5) is 0 Å². The maximum atomic E-state index is 10.2. The standard InChI is InChI=1S/C17H27NO2/c1-13(2)15-3-5-16(6-4-15)17(19)12-18-11-14-7-9-20-10-8-14/h3-6,13-14,17-19H,7-12H2,1-2H3. The summed E-state index contributed by atoms with van der Waals surface area (Å²) in [5.41, 5.74) is 2.31. The molecule has 112 valence electrons. The minimum absolute atomic E-state index is 0.420. The van der Waals surface area contributed by atoms with Crippen molar-refractivity contribution in [3.05, 3.63) is 35.4 Å². The third kappa shape index (κ3) is 4.58. The van der Waals surface area contributed by atoms with Crippen LogP contribution in [-0.4, -0.2) is 31.4 Å². The van der Waals surface area contributed by atoms with Gasteiger partial charge in [0, 0.05) is 19.8 Å². The van der Waals surface area contributed by atoms with E-state index in [1.807, 2.05) is 12.1 Å². The quantitative estimate of drug-likeness (QED) is 0.840. The number of nitrogens with one attached hydrogen (secondary N) is 1. The summed E-state index contributed by atoms with van der Waals surface area (Å²) >= 11 is 0. The molecule has 2 rings (SSSR count). The third-order valence-corrected chi connectivity index (χ3v) is 4.10. The Morgan fingerprint density at radius 2 is 1.75 bits per heavy atom. The molecule has 1 heterocycles. The zero-order valence-corrected chi connectivity index (χ0v) is 12.6. The molecule has 0 saturated carbocycles. The summed E-state index contributed by atoms with van der Waals surface area (Å²) < 4.78 is 5.35. The zero-order chi connectivity index (χ0) is 14.4. The maximum absolute atomic E-state index is 10.2. The van der Waals surface area contributed by atoms with Crippen LogP contribution in [0.2, 0.25) is 0 Å². The van der Waals surface area contributed by atoms with Crippen LogP contribution < -0.4 is 5.32 Å². The van der Waals surface area contributed by atoms with Crippen LogP contribution in [-0.2, 0) is 4.74 Å². The Kier molecular flexibility index (Phi) is 6.02. The summed E-state index contributed by atoms with van der Waals surface area (Å²) in [6, 6.07) is 8.30. The van der Waals surface area contributed by atoms with E-state index >= 15 is 0 Å². The van der Waals surface area contributed by atoms with Crippen LogP contribution in [0.25, 0.3) is 0 Å². The highest BCUT2D eigenvalue weighted by molar-refractivity contribution is 5.26. The molecule has 1 saturated heterocycles. The van der Waals surface area contributed by atoms with Crippen molar-refractivity contribution in [3.63, 3.8) is 0 Å². The van der Waals surface area contributed by atoms with Crippen molar-refractivity contribution in [3.8, 4) is 0 Å². The molecule has 3 nitrogen and oxygen atoms in total. The van der Waals surface area contributed by atoms with E-state index in [1.165, 1.54) is 5.56 Å². The van der Waals surface area contributed by atoms with Gasteiger partial charge in [-0.1, -0.05) is 38.1 Å². The number of rotatable bonds is 6. The van der Waals surface area contributed by atoms with Gasteiger partial charge in [-0.25, -0.2) is 0 Å². The molecule has 0 aromatic heterocycles. The van der Waals surface area contributed by atoms with Crippen LogP contribution >= 0.6 is 0 Å². The summed E-state index contributed by atoms with van der Waals surface area (Å²) in [5.74, 6) is 1.23. The molecule has 1 aliphatic heterocycles. The number of hydrogen-bond acceptors (Lipinski definition) is 3. The van der Waals surface area contributed by atoms with E-state index < -0.39 is 6.10 Å². The van der Waals surface area contributed by atoms with Gasteiger partial charge in [-0.2, -0.15) is 0 Å². The van der Waals surface area contributed by atoms with Crippen LogP contribution in [0.3, 0.4) is 0 Å². The molecule has 0 bridgehead atoms. The predicted octanol–water partition coefficient (Wildman–Crippen LogP) is 2.86. The summed E-state index contributed by atoms with van der Waals surface area (Å²) in [5, 5.41) is 13.6. The fourth-order valence-electron chi connectivity index (χ4n) is 2.60. The number of hydrogen-bond donors (Lipinski definition) is 2. The minimum Gasteiger partial charge on any atom is -0.387 e. The fraction of sp³-hybridized carbons (Fsp3) is 0.647. The van der Waals surface area contributed by atoms with Gasteiger partial charge in [-0.15, -0.1) is 0 Å². The van der Waals surface area contributed by atoms with Crippen molar-refractivity contribution >= 4 is 0 Å². The van der Waals surface area contributed by atoms with E-state index in [1.54, 1.807) is 0 Å². The molecule has 0 radical (unpaired) electrons. The summed E-state index contributed by atoms with van der Waals surface area (Å²) in [7, 11) is 0. The Balaban J connectivity index is 1.74.